The van der Waals surface area contributed by atoms with Gasteiger partial charge in [-0.05, 0) is 47.7 Å². The van der Waals surface area contributed by atoms with Gasteiger partial charge in [0.2, 0.25) is 0 Å². The monoisotopic (exact) mass is 462 g/mol. The van der Waals surface area contributed by atoms with Crippen molar-refractivity contribution in [2.45, 2.75) is 10.6 Å². The lowest BCUT2D eigenvalue weighted by molar-refractivity contribution is -0.124. The topological polar surface area (TPSA) is 102 Å². The summed E-state index contributed by atoms with van der Waals surface area (Å²) in [6, 6.07) is 14.9. The molecule has 1 amide bonds. The van der Waals surface area contributed by atoms with Gasteiger partial charge in [0.15, 0.2) is 6.61 Å². The van der Waals surface area contributed by atoms with Crippen molar-refractivity contribution in [2.24, 2.45) is 0 Å². The first-order valence-electron chi connectivity index (χ1n) is 9.19. The molecule has 0 bridgehead atoms. The number of rotatable bonds is 9. The molecule has 31 heavy (non-hydrogen) atoms. The van der Waals surface area contributed by atoms with E-state index in [1.165, 1.54) is 30.3 Å². The molecule has 1 heterocycles. The molecule has 0 aliphatic carbocycles. The van der Waals surface area contributed by atoms with Crippen molar-refractivity contribution in [2.75, 3.05) is 17.9 Å². The largest absolute Gasteiger partial charge is 0.452 e. The van der Waals surface area contributed by atoms with Gasteiger partial charge in [-0.15, -0.1) is 11.3 Å². The first kappa shape index (κ1) is 22.4. The van der Waals surface area contributed by atoms with Gasteiger partial charge >= 0.3 is 5.97 Å². The number of para-hydroxylation sites is 1. The maximum Gasteiger partial charge on any atom is 0.340 e. The van der Waals surface area contributed by atoms with E-state index in [9.17, 15) is 22.4 Å². The zero-order chi connectivity index (χ0) is 22.3. The molecule has 0 atom stereocenters. The molecule has 0 aliphatic rings. The molecule has 0 aliphatic heterocycles. The minimum atomic E-state index is -3.84. The number of sulfonamides is 1. The van der Waals surface area contributed by atoms with Crippen LogP contribution in [0.15, 0.2) is 70.3 Å². The third-order valence-corrected chi connectivity index (χ3v) is 6.90. The maximum atomic E-state index is 12.9. The van der Waals surface area contributed by atoms with Gasteiger partial charge in [-0.1, -0.05) is 30.3 Å². The summed E-state index contributed by atoms with van der Waals surface area (Å²) in [4.78, 5) is 24.3. The molecular formula is C21H19FN2O5S2. The number of ether oxygens (including phenoxy) is 1. The Hall–Kier alpha value is -3.24. The molecule has 3 rings (SSSR count). The molecule has 7 nitrogen and oxygen atoms in total. The second kappa shape index (κ2) is 10.2. The predicted molar refractivity (Wildman–Crippen MR) is 115 cm³/mol. The Morgan fingerprint density at radius 1 is 1.00 bits per heavy atom. The lowest BCUT2D eigenvalue weighted by Crippen LogP contribution is -2.30. The Kier molecular flexibility index (Phi) is 7.37. The molecule has 10 heteroatoms. The number of esters is 1. The number of thiophene rings is 1. The van der Waals surface area contributed by atoms with Crippen LogP contribution in [-0.2, 0) is 26.0 Å². The van der Waals surface area contributed by atoms with Gasteiger partial charge in [0, 0.05) is 6.54 Å². The normalized spacial score (nSPS) is 11.0. The van der Waals surface area contributed by atoms with E-state index in [4.69, 9.17) is 4.74 Å². The summed E-state index contributed by atoms with van der Waals surface area (Å²) in [5, 5.41) is 4.23. The fraction of sp³-hybridized carbons (Fsp3) is 0.143. The molecule has 0 unspecified atom stereocenters. The Labute approximate surface area is 182 Å². The van der Waals surface area contributed by atoms with Crippen molar-refractivity contribution in [3.63, 3.8) is 0 Å². The number of hydrogen-bond donors (Lipinski definition) is 2. The average molecular weight is 463 g/mol. The number of carbonyl (C=O) groups excluding carboxylic acids is 2. The first-order chi connectivity index (χ1) is 14.8. The highest BCUT2D eigenvalue weighted by atomic mass is 32.2. The van der Waals surface area contributed by atoms with Crippen molar-refractivity contribution < 1.29 is 27.1 Å². The van der Waals surface area contributed by atoms with Crippen molar-refractivity contribution in [3.8, 4) is 0 Å². The standard InChI is InChI=1S/C21H19FN2O5S2/c22-16-9-7-15(8-10-16)11-12-23-19(25)14-29-21(26)17-4-1-2-5-18(17)24-31(27,28)20-6-3-13-30-20/h1-10,13,24H,11-12,14H2,(H,23,25). The van der Waals surface area contributed by atoms with Crippen LogP contribution >= 0.6 is 11.3 Å². The van der Waals surface area contributed by atoms with Gasteiger partial charge in [-0.25, -0.2) is 17.6 Å². The van der Waals surface area contributed by atoms with Crippen molar-refractivity contribution in [3.05, 3.63) is 83.0 Å². The number of benzene rings is 2. The molecule has 0 radical (unpaired) electrons. The zero-order valence-electron chi connectivity index (χ0n) is 16.2. The lowest BCUT2D eigenvalue weighted by atomic mass is 10.1. The summed E-state index contributed by atoms with van der Waals surface area (Å²) in [5.74, 6) is -1.68. The van der Waals surface area contributed by atoms with E-state index in [2.05, 4.69) is 10.0 Å². The van der Waals surface area contributed by atoms with Crippen molar-refractivity contribution in [1.82, 2.24) is 5.32 Å². The summed E-state index contributed by atoms with van der Waals surface area (Å²) in [7, 11) is -3.84. The van der Waals surface area contributed by atoms with Crippen molar-refractivity contribution in [1.29, 1.82) is 0 Å². The van der Waals surface area contributed by atoms with E-state index in [0.29, 0.717) is 13.0 Å². The van der Waals surface area contributed by atoms with Crippen LogP contribution in [0.1, 0.15) is 15.9 Å². The van der Waals surface area contributed by atoms with Gasteiger partial charge in [-0.3, -0.25) is 9.52 Å². The Morgan fingerprint density at radius 2 is 1.74 bits per heavy atom. The Balaban J connectivity index is 1.53. The number of anilines is 1. The van der Waals surface area contributed by atoms with E-state index in [1.54, 1.807) is 35.7 Å². The molecule has 0 spiro atoms. The number of carbonyl (C=O) groups is 2. The van der Waals surface area contributed by atoms with Gasteiger partial charge in [0.25, 0.3) is 15.9 Å². The number of amides is 1. The molecular weight excluding hydrogens is 443 g/mol. The summed E-state index contributed by atoms with van der Waals surface area (Å²) in [6.07, 6.45) is 0.493. The smallest absolute Gasteiger partial charge is 0.340 e. The molecule has 2 aromatic carbocycles. The minimum absolute atomic E-state index is 0.0123. The highest BCUT2D eigenvalue weighted by Gasteiger charge is 2.20. The molecule has 0 saturated heterocycles. The average Bonchev–Trinajstić information content (AvgIpc) is 3.30. The van der Waals surface area contributed by atoms with Crippen LogP contribution in [0.2, 0.25) is 0 Å². The van der Waals surface area contributed by atoms with Crippen LogP contribution in [0.4, 0.5) is 10.1 Å². The zero-order valence-corrected chi connectivity index (χ0v) is 17.8. The minimum Gasteiger partial charge on any atom is -0.452 e. The van der Waals surface area contributed by atoms with Crippen LogP contribution < -0.4 is 10.0 Å². The Morgan fingerprint density at radius 3 is 2.45 bits per heavy atom. The molecule has 0 fully saturated rings. The fourth-order valence-electron chi connectivity index (χ4n) is 2.62. The lowest BCUT2D eigenvalue weighted by Gasteiger charge is -2.11. The molecule has 2 N–H and O–H groups in total. The van der Waals surface area contributed by atoms with Gasteiger partial charge < -0.3 is 10.1 Å². The van der Waals surface area contributed by atoms with Crippen LogP contribution in [0.3, 0.4) is 0 Å². The fourth-order valence-corrected chi connectivity index (χ4v) is 4.69. The third kappa shape index (κ3) is 6.37. The molecule has 1 aromatic heterocycles. The SMILES string of the molecule is O=C(COC(=O)c1ccccc1NS(=O)(=O)c1cccs1)NCCc1ccc(F)cc1. The summed E-state index contributed by atoms with van der Waals surface area (Å²) < 4.78 is 45.2. The number of nitrogens with one attached hydrogen (secondary N) is 2. The van der Waals surface area contributed by atoms with Crippen molar-refractivity contribution >= 4 is 38.9 Å². The second-order valence-corrected chi connectivity index (χ2v) is 9.24. The Bertz CT molecular complexity index is 1150. The van der Waals surface area contributed by atoms with Crippen LogP contribution in [-0.4, -0.2) is 33.4 Å². The van der Waals surface area contributed by atoms with Crippen LogP contribution in [0, 0.1) is 5.82 Å². The summed E-state index contributed by atoms with van der Waals surface area (Å²) in [6.45, 7) is -0.229. The molecule has 3 aromatic rings. The van der Waals surface area contributed by atoms with E-state index in [-0.39, 0.29) is 21.3 Å². The van der Waals surface area contributed by atoms with E-state index in [1.807, 2.05) is 0 Å². The van der Waals surface area contributed by atoms with Gasteiger partial charge in [0.05, 0.1) is 11.3 Å². The summed E-state index contributed by atoms with van der Waals surface area (Å²) >= 11 is 1.05. The predicted octanol–water partition coefficient (Wildman–Crippen LogP) is 3.20. The van der Waals surface area contributed by atoms with E-state index < -0.39 is 28.5 Å². The van der Waals surface area contributed by atoms with E-state index >= 15 is 0 Å². The highest BCUT2D eigenvalue weighted by molar-refractivity contribution is 7.94. The second-order valence-electron chi connectivity index (χ2n) is 6.39. The molecule has 0 saturated carbocycles. The number of halogens is 1. The van der Waals surface area contributed by atoms with Crippen LogP contribution in [0.5, 0.6) is 0 Å². The van der Waals surface area contributed by atoms with Gasteiger partial charge in [0.1, 0.15) is 10.0 Å². The van der Waals surface area contributed by atoms with Crippen LogP contribution in [0.25, 0.3) is 0 Å². The van der Waals surface area contributed by atoms with Gasteiger partial charge in [-0.2, -0.15) is 0 Å². The number of hydrogen-bond acceptors (Lipinski definition) is 6. The van der Waals surface area contributed by atoms with E-state index in [0.717, 1.165) is 16.9 Å². The highest BCUT2D eigenvalue weighted by Crippen LogP contribution is 2.23. The first-order valence-corrected chi connectivity index (χ1v) is 11.5. The third-order valence-electron chi connectivity index (χ3n) is 4.13. The molecule has 162 valence electrons. The summed E-state index contributed by atoms with van der Waals surface area (Å²) in [5.41, 5.74) is 0.894. The quantitative estimate of drug-likeness (QED) is 0.476. The maximum absolute atomic E-state index is 12.9.